The summed E-state index contributed by atoms with van der Waals surface area (Å²) >= 11 is 5.82. The van der Waals surface area contributed by atoms with E-state index in [0.29, 0.717) is 28.5 Å². The highest BCUT2D eigenvalue weighted by molar-refractivity contribution is 6.30. The van der Waals surface area contributed by atoms with Crippen LogP contribution in [-0.2, 0) is 4.79 Å². The van der Waals surface area contributed by atoms with Crippen molar-refractivity contribution < 1.29 is 9.59 Å². The van der Waals surface area contributed by atoms with Gasteiger partial charge in [0.15, 0.2) is 0 Å². The van der Waals surface area contributed by atoms with Crippen molar-refractivity contribution in [1.82, 2.24) is 4.90 Å². The van der Waals surface area contributed by atoms with E-state index in [2.05, 4.69) is 15.5 Å². The Morgan fingerprint density at radius 1 is 0.880 bits per heavy atom. The maximum absolute atomic E-state index is 12.2. The number of hydrogen-bond donors (Lipinski definition) is 2. The second-order valence-electron chi connectivity index (χ2n) is 6.07. The molecule has 0 atom stereocenters. The molecule has 0 aliphatic carbocycles. The normalized spacial score (nSPS) is 14.3. The number of nitrogens with zero attached hydrogens (tertiary/aromatic N) is 1. The summed E-state index contributed by atoms with van der Waals surface area (Å²) in [4.78, 5) is 26.3. The van der Waals surface area contributed by atoms with Gasteiger partial charge in [-0.15, -0.1) is 0 Å². The van der Waals surface area contributed by atoms with Crippen molar-refractivity contribution in [1.29, 1.82) is 0 Å². The number of amides is 2. The molecular formula is C19H20ClN3O2. The lowest BCUT2D eigenvalue weighted by Gasteiger charge is -2.14. The smallest absolute Gasteiger partial charge is 0.255 e. The number of anilines is 2. The fourth-order valence-electron chi connectivity index (χ4n) is 2.79. The van der Waals surface area contributed by atoms with Crippen LogP contribution in [0.25, 0.3) is 0 Å². The lowest BCUT2D eigenvalue weighted by Crippen LogP contribution is -2.30. The van der Waals surface area contributed by atoms with E-state index < -0.39 is 0 Å². The summed E-state index contributed by atoms with van der Waals surface area (Å²) in [5, 5.41) is 6.28. The molecule has 130 valence electrons. The molecule has 2 aromatic rings. The van der Waals surface area contributed by atoms with Gasteiger partial charge in [0.25, 0.3) is 5.91 Å². The van der Waals surface area contributed by atoms with Crippen molar-refractivity contribution in [2.75, 3.05) is 30.3 Å². The molecule has 0 radical (unpaired) electrons. The summed E-state index contributed by atoms with van der Waals surface area (Å²) in [5.41, 5.74) is 1.92. The average Bonchev–Trinajstić information content (AvgIpc) is 3.10. The van der Waals surface area contributed by atoms with E-state index in [-0.39, 0.29) is 11.8 Å². The summed E-state index contributed by atoms with van der Waals surface area (Å²) in [6, 6.07) is 13.8. The van der Waals surface area contributed by atoms with Crippen LogP contribution in [0.15, 0.2) is 48.5 Å². The van der Waals surface area contributed by atoms with Gasteiger partial charge in [0.2, 0.25) is 5.91 Å². The summed E-state index contributed by atoms with van der Waals surface area (Å²) in [6.45, 7) is 2.40. The predicted molar refractivity (Wildman–Crippen MR) is 100 cm³/mol. The van der Waals surface area contributed by atoms with E-state index in [4.69, 9.17) is 11.6 Å². The Morgan fingerprint density at radius 2 is 1.44 bits per heavy atom. The molecule has 0 unspecified atom stereocenters. The van der Waals surface area contributed by atoms with Crippen molar-refractivity contribution in [3.05, 3.63) is 59.1 Å². The highest BCUT2D eigenvalue weighted by Crippen LogP contribution is 2.16. The monoisotopic (exact) mass is 357 g/mol. The van der Waals surface area contributed by atoms with E-state index in [1.807, 2.05) is 0 Å². The van der Waals surface area contributed by atoms with Crippen molar-refractivity contribution in [2.45, 2.75) is 12.8 Å². The first kappa shape index (κ1) is 17.5. The second kappa shape index (κ2) is 8.14. The van der Waals surface area contributed by atoms with Crippen molar-refractivity contribution in [3.63, 3.8) is 0 Å². The highest BCUT2D eigenvalue weighted by Gasteiger charge is 2.15. The van der Waals surface area contributed by atoms with Crippen molar-refractivity contribution in [3.8, 4) is 0 Å². The number of benzene rings is 2. The minimum absolute atomic E-state index is 0.0140. The van der Waals surface area contributed by atoms with Gasteiger partial charge in [-0.3, -0.25) is 14.5 Å². The third kappa shape index (κ3) is 5.05. The van der Waals surface area contributed by atoms with Crippen molar-refractivity contribution >= 4 is 34.8 Å². The Kier molecular flexibility index (Phi) is 5.68. The Morgan fingerprint density at radius 3 is 2.04 bits per heavy atom. The van der Waals surface area contributed by atoms with Gasteiger partial charge >= 0.3 is 0 Å². The zero-order valence-electron chi connectivity index (χ0n) is 13.8. The van der Waals surface area contributed by atoms with Gasteiger partial charge in [-0.1, -0.05) is 11.6 Å². The predicted octanol–water partition coefficient (Wildman–Crippen LogP) is 3.63. The number of halogens is 1. The van der Waals surface area contributed by atoms with Crippen LogP contribution in [-0.4, -0.2) is 36.3 Å². The highest BCUT2D eigenvalue weighted by atomic mass is 35.5. The van der Waals surface area contributed by atoms with Gasteiger partial charge in [-0.25, -0.2) is 0 Å². The molecule has 25 heavy (non-hydrogen) atoms. The first-order chi connectivity index (χ1) is 12.1. The van der Waals surface area contributed by atoms with Crippen LogP contribution in [0.5, 0.6) is 0 Å². The number of rotatable bonds is 5. The van der Waals surface area contributed by atoms with Crippen LogP contribution >= 0.6 is 11.6 Å². The average molecular weight is 358 g/mol. The molecular weight excluding hydrogens is 338 g/mol. The quantitative estimate of drug-likeness (QED) is 0.859. The zero-order chi connectivity index (χ0) is 17.6. The molecule has 0 saturated carbocycles. The second-order valence-corrected chi connectivity index (χ2v) is 6.51. The van der Waals surface area contributed by atoms with Crippen LogP contribution in [0, 0.1) is 0 Å². The Bertz CT molecular complexity index is 738. The van der Waals surface area contributed by atoms with E-state index in [9.17, 15) is 9.59 Å². The van der Waals surface area contributed by atoms with Gasteiger partial charge in [0.05, 0.1) is 6.54 Å². The lowest BCUT2D eigenvalue weighted by molar-refractivity contribution is -0.117. The molecule has 1 aliphatic heterocycles. The Labute approximate surface area is 152 Å². The van der Waals surface area contributed by atoms with Crippen LogP contribution in [0.3, 0.4) is 0 Å². The van der Waals surface area contributed by atoms with E-state index in [1.54, 1.807) is 48.5 Å². The lowest BCUT2D eigenvalue weighted by atomic mass is 10.2. The van der Waals surface area contributed by atoms with Crippen LogP contribution in [0.2, 0.25) is 5.02 Å². The van der Waals surface area contributed by atoms with E-state index >= 15 is 0 Å². The maximum atomic E-state index is 12.2. The fourth-order valence-corrected chi connectivity index (χ4v) is 2.91. The Hall–Kier alpha value is -2.37. The molecule has 3 rings (SSSR count). The molecule has 2 N–H and O–H groups in total. The standard InChI is InChI=1S/C19H20ClN3O2/c20-15-5-3-14(4-6-15)19(25)22-17-9-7-16(8-10-17)21-18(24)13-23-11-1-2-12-23/h3-10H,1-2,11-13H2,(H,21,24)(H,22,25). The zero-order valence-corrected chi connectivity index (χ0v) is 14.6. The fraction of sp³-hybridized carbons (Fsp3) is 0.263. The molecule has 1 saturated heterocycles. The summed E-state index contributed by atoms with van der Waals surface area (Å²) in [5.74, 6) is -0.220. The third-order valence-electron chi connectivity index (χ3n) is 4.10. The van der Waals surface area contributed by atoms with Gasteiger partial charge in [-0.05, 0) is 74.5 Å². The molecule has 6 heteroatoms. The number of hydrogen-bond acceptors (Lipinski definition) is 3. The van der Waals surface area contributed by atoms with E-state index in [1.165, 1.54) is 0 Å². The molecule has 2 aromatic carbocycles. The Balaban J connectivity index is 1.53. The molecule has 1 fully saturated rings. The van der Waals surface area contributed by atoms with E-state index in [0.717, 1.165) is 25.9 Å². The minimum atomic E-state index is -0.206. The first-order valence-electron chi connectivity index (χ1n) is 8.29. The SMILES string of the molecule is O=C(CN1CCCC1)Nc1ccc(NC(=O)c2ccc(Cl)cc2)cc1. The van der Waals surface area contributed by atoms with Crippen LogP contribution < -0.4 is 10.6 Å². The number of likely N-dealkylation sites (tertiary alicyclic amines) is 1. The molecule has 2 amide bonds. The van der Waals surface area contributed by atoms with Gasteiger partial charge in [0.1, 0.15) is 0 Å². The van der Waals surface area contributed by atoms with Gasteiger partial charge < -0.3 is 10.6 Å². The summed E-state index contributed by atoms with van der Waals surface area (Å²) < 4.78 is 0. The molecule has 0 spiro atoms. The summed E-state index contributed by atoms with van der Waals surface area (Å²) in [7, 11) is 0. The van der Waals surface area contributed by atoms with Gasteiger partial charge in [0, 0.05) is 22.0 Å². The van der Waals surface area contributed by atoms with Crippen molar-refractivity contribution in [2.24, 2.45) is 0 Å². The number of carbonyl (C=O) groups is 2. The number of nitrogens with one attached hydrogen (secondary N) is 2. The summed E-state index contributed by atoms with van der Waals surface area (Å²) in [6.07, 6.45) is 2.32. The largest absolute Gasteiger partial charge is 0.325 e. The molecule has 1 heterocycles. The molecule has 1 aliphatic rings. The van der Waals surface area contributed by atoms with Gasteiger partial charge in [-0.2, -0.15) is 0 Å². The third-order valence-corrected chi connectivity index (χ3v) is 4.35. The topological polar surface area (TPSA) is 61.4 Å². The molecule has 0 aromatic heterocycles. The minimum Gasteiger partial charge on any atom is -0.325 e. The van der Waals surface area contributed by atoms with Crippen LogP contribution in [0.4, 0.5) is 11.4 Å². The maximum Gasteiger partial charge on any atom is 0.255 e. The molecule has 0 bridgehead atoms. The number of carbonyl (C=O) groups excluding carboxylic acids is 2. The molecule has 5 nitrogen and oxygen atoms in total. The van der Waals surface area contributed by atoms with Crippen LogP contribution in [0.1, 0.15) is 23.2 Å². The first-order valence-corrected chi connectivity index (χ1v) is 8.67.